The van der Waals surface area contributed by atoms with E-state index in [9.17, 15) is 9.59 Å². The number of likely N-dealkylation sites (N-methyl/N-ethyl adjacent to an activating group) is 1. The summed E-state index contributed by atoms with van der Waals surface area (Å²) in [6, 6.07) is 19.2. The van der Waals surface area contributed by atoms with Crippen molar-refractivity contribution in [3.05, 3.63) is 89.7 Å². The molecule has 0 unspecified atom stereocenters. The number of carbonyl (C=O) groups excluding carboxylic acids is 2. The number of amides is 2. The van der Waals surface area contributed by atoms with E-state index < -0.39 is 0 Å². The van der Waals surface area contributed by atoms with Crippen molar-refractivity contribution in [2.24, 2.45) is 0 Å². The van der Waals surface area contributed by atoms with Crippen LogP contribution < -0.4 is 15.5 Å². The molecule has 1 aliphatic rings. The molecule has 0 radical (unpaired) electrons. The van der Waals surface area contributed by atoms with E-state index in [2.05, 4.69) is 34.4 Å². The van der Waals surface area contributed by atoms with Gasteiger partial charge in [-0.2, -0.15) is 0 Å². The molecule has 2 amide bonds. The van der Waals surface area contributed by atoms with Crippen molar-refractivity contribution in [3.63, 3.8) is 0 Å². The molecule has 0 saturated carbocycles. The van der Waals surface area contributed by atoms with Crippen molar-refractivity contribution in [2.75, 3.05) is 42.7 Å². The molecule has 0 bridgehead atoms. The summed E-state index contributed by atoms with van der Waals surface area (Å²) >= 11 is 0. The predicted octanol–water partition coefficient (Wildman–Crippen LogP) is 4.68. The molecule has 38 heavy (non-hydrogen) atoms. The van der Waals surface area contributed by atoms with E-state index in [0.29, 0.717) is 36.7 Å². The molecule has 8 heteroatoms. The van der Waals surface area contributed by atoms with E-state index in [0.717, 1.165) is 27.7 Å². The van der Waals surface area contributed by atoms with Crippen LogP contribution in [0.15, 0.2) is 73.1 Å². The molecule has 0 spiro atoms. The van der Waals surface area contributed by atoms with E-state index >= 15 is 0 Å². The number of anilines is 3. The number of hydrogen-bond acceptors (Lipinski definition) is 6. The van der Waals surface area contributed by atoms with Gasteiger partial charge in [-0.05, 0) is 61.6 Å². The van der Waals surface area contributed by atoms with Crippen LogP contribution in [0.3, 0.4) is 0 Å². The van der Waals surface area contributed by atoms with E-state index in [-0.39, 0.29) is 17.2 Å². The average Bonchev–Trinajstić information content (AvgIpc) is 3.17. The maximum Gasteiger partial charge on any atom is 0.259 e. The fourth-order valence-corrected chi connectivity index (χ4v) is 4.97. The molecule has 0 atom stereocenters. The van der Waals surface area contributed by atoms with Crippen LogP contribution in [-0.4, -0.2) is 53.9 Å². The van der Waals surface area contributed by atoms with Crippen molar-refractivity contribution in [3.8, 4) is 0 Å². The number of nitrogens with one attached hydrogen (secondary N) is 2. The zero-order valence-electron chi connectivity index (χ0n) is 22.2. The van der Waals surface area contributed by atoms with E-state index in [1.165, 1.54) is 0 Å². The minimum absolute atomic E-state index is 0.0349. The van der Waals surface area contributed by atoms with Gasteiger partial charge in [-0.15, -0.1) is 0 Å². The highest BCUT2D eigenvalue weighted by molar-refractivity contribution is 6.08. The van der Waals surface area contributed by atoms with Gasteiger partial charge in [0.05, 0.1) is 17.6 Å². The molecule has 3 heterocycles. The normalized spacial score (nSPS) is 14.0. The summed E-state index contributed by atoms with van der Waals surface area (Å²) in [5.74, 6) is 0.257. The van der Waals surface area contributed by atoms with Gasteiger partial charge in [0.1, 0.15) is 5.82 Å². The molecule has 2 N–H and O–H groups in total. The Hall–Kier alpha value is -4.30. The molecule has 0 fully saturated rings. The fourth-order valence-electron chi connectivity index (χ4n) is 4.97. The van der Waals surface area contributed by atoms with Crippen LogP contribution in [0.4, 0.5) is 17.2 Å². The van der Waals surface area contributed by atoms with Crippen LogP contribution in [0.25, 0.3) is 10.9 Å². The monoisotopic (exact) mass is 508 g/mol. The van der Waals surface area contributed by atoms with Crippen molar-refractivity contribution in [1.29, 1.82) is 0 Å². The summed E-state index contributed by atoms with van der Waals surface area (Å²) in [5, 5.41) is 7.38. The number of nitrogens with zero attached hydrogens (tertiary/aromatic N) is 4. The van der Waals surface area contributed by atoms with Gasteiger partial charge in [0, 0.05) is 47.7 Å². The number of para-hydroxylation sites is 1. The van der Waals surface area contributed by atoms with Gasteiger partial charge in [-0.1, -0.05) is 38.1 Å². The van der Waals surface area contributed by atoms with Gasteiger partial charge >= 0.3 is 0 Å². The Labute approximate surface area is 222 Å². The maximum absolute atomic E-state index is 13.4. The first-order chi connectivity index (χ1) is 18.2. The van der Waals surface area contributed by atoms with Crippen LogP contribution in [0, 0.1) is 0 Å². The summed E-state index contributed by atoms with van der Waals surface area (Å²) < 4.78 is 0. The van der Waals surface area contributed by atoms with Crippen molar-refractivity contribution < 1.29 is 9.59 Å². The first kappa shape index (κ1) is 25.4. The Morgan fingerprint density at radius 1 is 1.00 bits per heavy atom. The van der Waals surface area contributed by atoms with Crippen LogP contribution in [0.5, 0.6) is 0 Å². The highest BCUT2D eigenvalue weighted by Crippen LogP contribution is 2.42. The van der Waals surface area contributed by atoms with Gasteiger partial charge in [0.25, 0.3) is 5.91 Å². The Balaban J connectivity index is 1.36. The number of fused-ring (bicyclic) bond motifs is 2. The smallest absolute Gasteiger partial charge is 0.259 e. The minimum atomic E-state index is -0.274. The lowest BCUT2D eigenvalue weighted by atomic mass is 9.87. The molecule has 2 aromatic carbocycles. The summed E-state index contributed by atoms with van der Waals surface area (Å²) in [6.45, 7) is 5.69. The second-order valence-corrected chi connectivity index (χ2v) is 10.5. The first-order valence-electron chi connectivity index (χ1n) is 12.7. The fraction of sp³-hybridized carbons (Fsp3) is 0.267. The highest BCUT2D eigenvalue weighted by Gasteiger charge is 2.38. The maximum atomic E-state index is 13.4. The average molecular weight is 509 g/mol. The Bertz CT molecular complexity index is 1510. The van der Waals surface area contributed by atoms with Gasteiger partial charge < -0.3 is 20.4 Å². The van der Waals surface area contributed by atoms with E-state index in [1.807, 2.05) is 72.4 Å². The molecule has 0 saturated heterocycles. The molecular formula is C30H32N6O2. The summed E-state index contributed by atoms with van der Waals surface area (Å²) in [4.78, 5) is 38.8. The quantitative estimate of drug-likeness (QED) is 0.377. The Morgan fingerprint density at radius 3 is 2.63 bits per heavy atom. The summed E-state index contributed by atoms with van der Waals surface area (Å²) in [7, 11) is 3.76. The van der Waals surface area contributed by atoms with Crippen LogP contribution in [0.1, 0.15) is 35.3 Å². The molecule has 2 aromatic heterocycles. The van der Waals surface area contributed by atoms with Gasteiger partial charge in [0.2, 0.25) is 5.91 Å². The van der Waals surface area contributed by atoms with Crippen molar-refractivity contribution >= 4 is 39.9 Å². The second-order valence-electron chi connectivity index (χ2n) is 10.5. The van der Waals surface area contributed by atoms with Gasteiger partial charge in [-0.3, -0.25) is 14.6 Å². The van der Waals surface area contributed by atoms with E-state index in [1.54, 1.807) is 24.5 Å². The lowest BCUT2D eigenvalue weighted by molar-refractivity contribution is -0.119. The first-order valence-corrected chi connectivity index (χ1v) is 12.7. The van der Waals surface area contributed by atoms with Crippen molar-refractivity contribution in [1.82, 2.24) is 14.9 Å². The number of carbonyl (C=O) groups is 2. The van der Waals surface area contributed by atoms with Crippen LogP contribution in [0.2, 0.25) is 0 Å². The summed E-state index contributed by atoms with van der Waals surface area (Å²) in [6.07, 6.45) is 3.45. The van der Waals surface area contributed by atoms with Crippen molar-refractivity contribution in [2.45, 2.75) is 25.8 Å². The second kappa shape index (κ2) is 10.2. The predicted molar refractivity (Wildman–Crippen MR) is 152 cm³/mol. The van der Waals surface area contributed by atoms with E-state index in [4.69, 9.17) is 0 Å². The largest absolute Gasteiger partial charge is 0.365 e. The van der Waals surface area contributed by atoms with Gasteiger partial charge in [-0.25, -0.2) is 4.98 Å². The number of pyridine rings is 2. The third-order valence-electron chi connectivity index (χ3n) is 6.82. The molecule has 0 aliphatic carbocycles. The lowest BCUT2D eigenvalue weighted by Crippen LogP contribution is -2.39. The highest BCUT2D eigenvalue weighted by atomic mass is 16.2. The molecule has 4 aromatic rings. The number of rotatable bonds is 7. The third kappa shape index (κ3) is 5.08. The van der Waals surface area contributed by atoms with Gasteiger partial charge in [0.15, 0.2) is 0 Å². The topological polar surface area (TPSA) is 90.5 Å². The molecule has 194 valence electrons. The molecule has 1 aliphatic heterocycles. The minimum Gasteiger partial charge on any atom is -0.365 e. The zero-order valence-corrected chi connectivity index (χ0v) is 22.2. The molecular weight excluding hydrogens is 476 g/mol. The Morgan fingerprint density at radius 2 is 1.82 bits per heavy atom. The summed E-state index contributed by atoms with van der Waals surface area (Å²) in [5.41, 5.74) is 4.82. The van der Waals surface area contributed by atoms with Crippen LogP contribution >= 0.6 is 0 Å². The Kier molecular flexibility index (Phi) is 6.82. The molecule has 5 rings (SSSR count). The lowest BCUT2D eigenvalue weighted by Gasteiger charge is -2.22. The van der Waals surface area contributed by atoms with Crippen LogP contribution in [-0.2, 0) is 16.8 Å². The molecule has 8 nitrogen and oxygen atoms in total. The number of benzene rings is 2. The zero-order chi connectivity index (χ0) is 26.9. The standard InChI is InChI=1S/C30H32N6O2/c1-30(2)19-36(27(37)18-35(3)4)26-16-21(11-12-24(26)30)34-29(38)23-9-7-14-32-28(23)33-17-20-13-15-31-25-10-6-5-8-22(20)25/h5-16H,17-19H2,1-4H3,(H,32,33)(H,34,38). The third-order valence-corrected chi connectivity index (χ3v) is 6.82. The SMILES string of the molecule is CN(C)CC(=O)N1CC(C)(C)c2ccc(NC(=O)c3cccnc3NCc3ccnc4ccccc34)cc21. The number of hydrogen-bond donors (Lipinski definition) is 2. The number of aromatic nitrogens is 2.